The van der Waals surface area contributed by atoms with Gasteiger partial charge in [0.1, 0.15) is 0 Å². The van der Waals surface area contributed by atoms with Gasteiger partial charge in [-0.3, -0.25) is 0 Å². The molecule has 0 saturated heterocycles. The van der Waals surface area contributed by atoms with E-state index in [2.05, 4.69) is 20.8 Å². The molecule has 0 aliphatic carbocycles. The minimum Gasteiger partial charge on any atom is -0.166 e. The van der Waals surface area contributed by atoms with E-state index in [1.54, 1.807) is 0 Å². The summed E-state index contributed by atoms with van der Waals surface area (Å²) in [6, 6.07) is 1.88. The Bertz CT molecular complexity index is 510. The van der Waals surface area contributed by atoms with Crippen LogP contribution in [0.3, 0.4) is 0 Å². The lowest BCUT2D eigenvalue weighted by Gasteiger charge is -2.18. The molecule has 26 heavy (non-hydrogen) atoms. The van der Waals surface area contributed by atoms with Gasteiger partial charge in [0.15, 0.2) is 0 Å². The standard InChI is InChI=1S/C20H28F6/c1-4-6-15(10-9-14(2)3)7-5-8-16-11-17(19(21,22)23)13-18(12-16)20(24,25)26/h11-15H,4-10H2,1-3H3. The van der Waals surface area contributed by atoms with Gasteiger partial charge >= 0.3 is 12.4 Å². The van der Waals surface area contributed by atoms with Crippen LogP contribution < -0.4 is 0 Å². The number of halogens is 6. The van der Waals surface area contributed by atoms with Crippen molar-refractivity contribution in [3.63, 3.8) is 0 Å². The molecule has 0 aliphatic heterocycles. The summed E-state index contributed by atoms with van der Waals surface area (Å²) in [7, 11) is 0. The highest BCUT2D eigenvalue weighted by molar-refractivity contribution is 5.33. The molecule has 0 aliphatic rings. The van der Waals surface area contributed by atoms with E-state index >= 15 is 0 Å². The van der Waals surface area contributed by atoms with Crippen molar-refractivity contribution in [2.24, 2.45) is 11.8 Å². The van der Waals surface area contributed by atoms with Crippen LogP contribution in [0.25, 0.3) is 0 Å². The van der Waals surface area contributed by atoms with E-state index in [0.29, 0.717) is 18.3 Å². The molecule has 0 fully saturated rings. The van der Waals surface area contributed by atoms with Crippen molar-refractivity contribution in [2.45, 2.75) is 78.1 Å². The van der Waals surface area contributed by atoms with Crippen LogP contribution in [0.5, 0.6) is 0 Å². The maximum atomic E-state index is 12.9. The van der Waals surface area contributed by atoms with E-state index < -0.39 is 23.5 Å². The van der Waals surface area contributed by atoms with Crippen LogP contribution in [0.4, 0.5) is 26.3 Å². The van der Waals surface area contributed by atoms with Gasteiger partial charge in [-0.2, -0.15) is 26.3 Å². The number of benzene rings is 1. The highest BCUT2D eigenvalue weighted by atomic mass is 19.4. The van der Waals surface area contributed by atoms with Gasteiger partial charge in [-0.1, -0.05) is 52.9 Å². The van der Waals surface area contributed by atoms with Crippen LogP contribution in [-0.2, 0) is 18.8 Å². The second kappa shape index (κ2) is 9.65. The van der Waals surface area contributed by atoms with Crippen molar-refractivity contribution in [3.05, 3.63) is 34.9 Å². The molecule has 0 heterocycles. The SMILES string of the molecule is CCCC(CCCc1cc(C(F)(F)F)cc(C(F)(F)F)c1)CCC(C)C. The predicted octanol–water partition coefficient (Wildman–Crippen LogP) is 7.90. The second-order valence-corrected chi connectivity index (χ2v) is 7.43. The van der Waals surface area contributed by atoms with Gasteiger partial charge in [-0.05, 0) is 48.4 Å². The normalized spacial score (nSPS) is 14.1. The minimum absolute atomic E-state index is 0.103. The smallest absolute Gasteiger partial charge is 0.166 e. The third kappa shape index (κ3) is 8.00. The van der Waals surface area contributed by atoms with Crippen LogP contribution in [0.15, 0.2) is 18.2 Å². The van der Waals surface area contributed by atoms with Gasteiger partial charge in [0.25, 0.3) is 0 Å². The van der Waals surface area contributed by atoms with Gasteiger partial charge < -0.3 is 0 Å². The van der Waals surface area contributed by atoms with Crippen molar-refractivity contribution in [1.82, 2.24) is 0 Å². The summed E-state index contributed by atoms with van der Waals surface area (Å²) in [5.74, 6) is 1.07. The Balaban J connectivity index is 2.81. The zero-order chi connectivity index (χ0) is 20.0. The number of alkyl halides is 6. The molecule has 0 radical (unpaired) electrons. The fourth-order valence-electron chi connectivity index (χ4n) is 3.17. The van der Waals surface area contributed by atoms with E-state index in [9.17, 15) is 26.3 Å². The van der Waals surface area contributed by atoms with Crippen molar-refractivity contribution in [2.75, 3.05) is 0 Å². The Kier molecular flexibility index (Phi) is 8.48. The maximum absolute atomic E-state index is 12.9. The zero-order valence-corrected chi connectivity index (χ0v) is 15.6. The number of rotatable bonds is 9. The number of hydrogen-bond donors (Lipinski definition) is 0. The summed E-state index contributed by atoms with van der Waals surface area (Å²) in [5, 5.41) is 0. The van der Waals surface area contributed by atoms with E-state index in [0.717, 1.165) is 44.2 Å². The molecule has 0 amide bonds. The van der Waals surface area contributed by atoms with E-state index in [1.165, 1.54) is 0 Å². The molecule has 0 nitrogen and oxygen atoms in total. The van der Waals surface area contributed by atoms with Crippen LogP contribution in [-0.4, -0.2) is 0 Å². The van der Waals surface area contributed by atoms with Crippen molar-refractivity contribution >= 4 is 0 Å². The molecule has 0 aromatic heterocycles. The molecule has 0 N–H and O–H groups in total. The molecule has 1 rings (SSSR count). The molecule has 6 heteroatoms. The van der Waals surface area contributed by atoms with Gasteiger partial charge in [-0.25, -0.2) is 0 Å². The van der Waals surface area contributed by atoms with Gasteiger partial charge in [0.05, 0.1) is 11.1 Å². The molecule has 1 aromatic carbocycles. The quantitative estimate of drug-likeness (QED) is 0.381. The lowest BCUT2D eigenvalue weighted by atomic mass is 9.89. The lowest BCUT2D eigenvalue weighted by Crippen LogP contribution is -2.12. The molecule has 1 aromatic rings. The molecular weight excluding hydrogens is 354 g/mol. The van der Waals surface area contributed by atoms with Crippen LogP contribution in [0.1, 0.15) is 76.0 Å². The van der Waals surface area contributed by atoms with Crippen LogP contribution in [0.2, 0.25) is 0 Å². The van der Waals surface area contributed by atoms with Crippen molar-refractivity contribution in [1.29, 1.82) is 0 Å². The van der Waals surface area contributed by atoms with Crippen molar-refractivity contribution in [3.8, 4) is 0 Å². The molecule has 1 atom stereocenters. The summed E-state index contributed by atoms with van der Waals surface area (Å²) in [6.07, 6.45) is -3.67. The average Bonchev–Trinajstić information content (AvgIpc) is 2.50. The van der Waals surface area contributed by atoms with Crippen molar-refractivity contribution < 1.29 is 26.3 Å². The number of hydrogen-bond acceptors (Lipinski definition) is 0. The maximum Gasteiger partial charge on any atom is 0.416 e. The molecular formula is C20H28F6. The van der Waals surface area contributed by atoms with Gasteiger partial charge in [-0.15, -0.1) is 0 Å². The fourth-order valence-corrected chi connectivity index (χ4v) is 3.17. The molecule has 0 spiro atoms. The first-order chi connectivity index (χ1) is 11.9. The summed E-state index contributed by atoms with van der Waals surface area (Å²) in [6.45, 7) is 6.37. The Labute approximate surface area is 152 Å². The summed E-state index contributed by atoms with van der Waals surface area (Å²) in [5.41, 5.74) is -2.36. The average molecular weight is 382 g/mol. The monoisotopic (exact) mass is 382 g/mol. The number of aryl methyl sites for hydroxylation is 1. The Morgan fingerprint density at radius 2 is 1.31 bits per heavy atom. The van der Waals surface area contributed by atoms with Crippen LogP contribution >= 0.6 is 0 Å². The lowest BCUT2D eigenvalue weighted by molar-refractivity contribution is -0.143. The second-order valence-electron chi connectivity index (χ2n) is 7.43. The highest BCUT2D eigenvalue weighted by Crippen LogP contribution is 2.36. The van der Waals surface area contributed by atoms with E-state index in [1.807, 2.05) is 0 Å². The topological polar surface area (TPSA) is 0 Å². The van der Waals surface area contributed by atoms with Gasteiger partial charge in [0, 0.05) is 0 Å². The zero-order valence-electron chi connectivity index (χ0n) is 15.6. The highest BCUT2D eigenvalue weighted by Gasteiger charge is 2.36. The Hall–Kier alpha value is -1.20. The van der Waals surface area contributed by atoms with Crippen LogP contribution in [0, 0.1) is 11.8 Å². The third-order valence-electron chi connectivity index (χ3n) is 4.57. The predicted molar refractivity (Wildman–Crippen MR) is 91.9 cm³/mol. The molecule has 0 saturated carbocycles. The molecule has 1 unspecified atom stereocenters. The molecule has 150 valence electrons. The van der Waals surface area contributed by atoms with E-state index in [4.69, 9.17) is 0 Å². The largest absolute Gasteiger partial charge is 0.416 e. The summed E-state index contributed by atoms with van der Waals surface area (Å²) < 4.78 is 77.4. The molecule has 0 bridgehead atoms. The van der Waals surface area contributed by atoms with E-state index in [-0.39, 0.29) is 18.1 Å². The first-order valence-corrected chi connectivity index (χ1v) is 9.21. The summed E-state index contributed by atoms with van der Waals surface area (Å²) in [4.78, 5) is 0. The Morgan fingerprint density at radius 3 is 1.73 bits per heavy atom. The minimum atomic E-state index is -4.78. The fraction of sp³-hybridized carbons (Fsp3) is 0.700. The van der Waals surface area contributed by atoms with Gasteiger partial charge in [0.2, 0.25) is 0 Å². The third-order valence-corrected chi connectivity index (χ3v) is 4.57. The first kappa shape index (κ1) is 22.8. The summed E-state index contributed by atoms with van der Waals surface area (Å²) >= 11 is 0. The Morgan fingerprint density at radius 1 is 0.769 bits per heavy atom. The first-order valence-electron chi connectivity index (χ1n) is 9.21.